The number of aliphatic hydroxyl groups excluding tert-OH is 1. The van der Waals surface area contributed by atoms with Crippen LogP contribution in [0.25, 0.3) is 0 Å². The molecule has 2 rings (SSSR count). The van der Waals surface area contributed by atoms with Crippen molar-refractivity contribution >= 4 is 0 Å². The Labute approximate surface area is 133 Å². The summed E-state index contributed by atoms with van der Waals surface area (Å²) in [6.07, 6.45) is 0.445. The topological polar surface area (TPSA) is 41.5 Å². The van der Waals surface area contributed by atoms with Gasteiger partial charge in [0.15, 0.2) is 0 Å². The minimum Gasteiger partial charge on any atom is -0.389 e. The summed E-state index contributed by atoms with van der Waals surface area (Å²) in [4.78, 5) is 0. The van der Waals surface area contributed by atoms with E-state index in [1.54, 1.807) is 0 Å². The summed E-state index contributed by atoms with van der Waals surface area (Å²) in [6, 6.07) is 20.3. The number of aliphatic hydroxyl groups is 1. The maximum absolute atomic E-state index is 10.0. The molecule has 3 nitrogen and oxygen atoms in total. The van der Waals surface area contributed by atoms with E-state index >= 15 is 0 Å². The van der Waals surface area contributed by atoms with E-state index in [1.807, 2.05) is 36.4 Å². The predicted octanol–water partition coefficient (Wildman–Crippen LogP) is 3.31. The lowest BCUT2D eigenvalue weighted by Gasteiger charge is -2.19. The van der Waals surface area contributed by atoms with Crippen LogP contribution in [0.1, 0.15) is 30.6 Å². The first-order chi connectivity index (χ1) is 10.8. The van der Waals surface area contributed by atoms with Crippen LogP contribution in [-0.4, -0.2) is 24.4 Å². The minimum atomic E-state index is -0.499. The van der Waals surface area contributed by atoms with Gasteiger partial charge in [-0.1, -0.05) is 67.6 Å². The molecule has 0 amide bonds. The predicted molar refractivity (Wildman–Crippen MR) is 89.6 cm³/mol. The highest BCUT2D eigenvalue weighted by molar-refractivity contribution is 5.17. The van der Waals surface area contributed by atoms with Crippen LogP contribution >= 0.6 is 0 Å². The first-order valence-electron chi connectivity index (χ1n) is 7.89. The molecule has 0 heterocycles. The van der Waals surface area contributed by atoms with E-state index in [1.165, 1.54) is 5.56 Å². The zero-order valence-corrected chi connectivity index (χ0v) is 13.1. The van der Waals surface area contributed by atoms with Gasteiger partial charge in [0, 0.05) is 13.1 Å². The Hall–Kier alpha value is -1.68. The van der Waals surface area contributed by atoms with Gasteiger partial charge in [0.05, 0.1) is 18.8 Å². The van der Waals surface area contributed by atoms with Crippen molar-refractivity contribution in [3.8, 4) is 0 Å². The highest BCUT2D eigenvalue weighted by Crippen LogP contribution is 2.20. The third kappa shape index (κ3) is 5.60. The molecule has 3 heteroatoms. The van der Waals surface area contributed by atoms with Crippen LogP contribution in [0.15, 0.2) is 60.7 Å². The average Bonchev–Trinajstić information content (AvgIpc) is 2.57. The molecule has 0 aliphatic rings. The second-order valence-electron chi connectivity index (χ2n) is 5.41. The van der Waals surface area contributed by atoms with E-state index < -0.39 is 6.10 Å². The molecule has 2 aromatic rings. The normalized spacial score (nSPS) is 13.7. The van der Waals surface area contributed by atoms with Crippen LogP contribution in [0, 0.1) is 0 Å². The fraction of sp³-hybridized carbons (Fsp3) is 0.368. The second-order valence-corrected chi connectivity index (χ2v) is 5.41. The van der Waals surface area contributed by atoms with Gasteiger partial charge in [-0.05, 0) is 17.5 Å². The van der Waals surface area contributed by atoms with E-state index in [0.717, 1.165) is 18.5 Å². The van der Waals surface area contributed by atoms with Gasteiger partial charge in [-0.15, -0.1) is 0 Å². The number of hydrogen-bond donors (Lipinski definition) is 2. The Morgan fingerprint density at radius 2 is 1.64 bits per heavy atom. The Balaban J connectivity index is 1.69. The number of hydrogen-bond acceptors (Lipinski definition) is 3. The summed E-state index contributed by atoms with van der Waals surface area (Å²) in [5, 5.41) is 13.3. The highest BCUT2D eigenvalue weighted by atomic mass is 16.5. The fourth-order valence-electron chi connectivity index (χ4n) is 2.38. The molecule has 2 atom stereocenters. The third-order valence-electron chi connectivity index (χ3n) is 3.58. The number of benzene rings is 2. The molecule has 2 unspecified atom stereocenters. The van der Waals surface area contributed by atoms with Gasteiger partial charge in [-0.3, -0.25) is 0 Å². The molecule has 2 N–H and O–H groups in total. The molecule has 0 aromatic heterocycles. The summed E-state index contributed by atoms with van der Waals surface area (Å²) in [5.41, 5.74) is 2.38. The molecule has 0 bridgehead atoms. The Bertz CT molecular complexity index is 515. The van der Waals surface area contributed by atoms with Crippen LogP contribution in [0.2, 0.25) is 0 Å². The van der Waals surface area contributed by atoms with Crippen LogP contribution in [-0.2, 0) is 11.3 Å². The fourth-order valence-corrected chi connectivity index (χ4v) is 2.38. The van der Waals surface area contributed by atoms with Gasteiger partial charge >= 0.3 is 0 Å². The van der Waals surface area contributed by atoms with Gasteiger partial charge in [0.25, 0.3) is 0 Å². The zero-order chi connectivity index (χ0) is 15.6. The molecule has 118 valence electrons. The largest absolute Gasteiger partial charge is 0.389 e. The molecule has 0 fully saturated rings. The summed E-state index contributed by atoms with van der Waals surface area (Å²) >= 11 is 0. The van der Waals surface area contributed by atoms with Crippen molar-refractivity contribution in [1.29, 1.82) is 0 Å². The molecule has 0 spiro atoms. The molecular weight excluding hydrogens is 274 g/mol. The maximum Gasteiger partial charge on any atom is 0.0898 e. The SMILES string of the molecule is CCC(OCC(O)CNCc1ccccc1)c1ccccc1. The smallest absolute Gasteiger partial charge is 0.0898 e. The summed E-state index contributed by atoms with van der Waals surface area (Å²) in [7, 11) is 0. The molecule has 2 aromatic carbocycles. The quantitative estimate of drug-likeness (QED) is 0.746. The van der Waals surface area contributed by atoms with E-state index in [4.69, 9.17) is 4.74 Å². The van der Waals surface area contributed by atoms with Gasteiger partial charge in [0.2, 0.25) is 0 Å². The second kappa shape index (κ2) is 9.36. The summed E-state index contributed by atoms with van der Waals surface area (Å²) in [6.45, 7) is 3.72. The lowest BCUT2D eigenvalue weighted by Crippen LogP contribution is -2.30. The molecular formula is C19H25NO2. The summed E-state index contributed by atoms with van der Waals surface area (Å²) in [5.74, 6) is 0. The first kappa shape index (κ1) is 16.7. The molecule has 0 aliphatic carbocycles. The standard InChI is InChI=1S/C19H25NO2/c1-2-19(17-11-7-4-8-12-17)22-15-18(21)14-20-13-16-9-5-3-6-10-16/h3-12,18-21H,2,13-15H2,1H3. The molecule has 0 saturated heterocycles. The first-order valence-corrected chi connectivity index (χ1v) is 7.89. The molecule has 0 aliphatic heterocycles. The zero-order valence-electron chi connectivity index (χ0n) is 13.1. The average molecular weight is 299 g/mol. The van der Waals surface area contributed by atoms with Gasteiger partial charge < -0.3 is 15.2 Å². The Morgan fingerprint density at radius 3 is 2.27 bits per heavy atom. The minimum absolute atomic E-state index is 0.0463. The monoisotopic (exact) mass is 299 g/mol. The van der Waals surface area contributed by atoms with Crippen LogP contribution in [0.4, 0.5) is 0 Å². The Kier molecular flexibility index (Phi) is 7.10. The van der Waals surface area contributed by atoms with E-state index in [2.05, 4.69) is 36.5 Å². The summed E-state index contributed by atoms with van der Waals surface area (Å²) < 4.78 is 5.85. The van der Waals surface area contributed by atoms with Crippen LogP contribution in [0.3, 0.4) is 0 Å². The number of nitrogens with one attached hydrogen (secondary N) is 1. The van der Waals surface area contributed by atoms with Gasteiger partial charge in [-0.25, -0.2) is 0 Å². The molecule has 22 heavy (non-hydrogen) atoms. The number of ether oxygens (including phenoxy) is 1. The lowest BCUT2D eigenvalue weighted by molar-refractivity contribution is -0.0114. The van der Waals surface area contributed by atoms with E-state index in [-0.39, 0.29) is 6.10 Å². The van der Waals surface area contributed by atoms with Gasteiger partial charge in [0.1, 0.15) is 0 Å². The van der Waals surface area contributed by atoms with Crippen molar-refractivity contribution in [3.63, 3.8) is 0 Å². The van der Waals surface area contributed by atoms with Crippen molar-refractivity contribution < 1.29 is 9.84 Å². The van der Waals surface area contributed by atoms with Crippen molar-refractivity contribution in [3.05, 3.63) is 71.8 Å². The highest BCUT2D eigenvalue weighted by Gasteiger charge is 2.12. The number of rotatable bonds is 9. The molecule has 0 saturated carbocycles. The van der Waals surface area contributed by atoms with Crippen molar-refractivity contribution in [1.82, 2.24) is 5.32 Å². The molecule has 0 radical (unpaired) electrons. The van der Waals surface area contributed by atoms with Crippen LogP contribution < -0.4 is 5.32 Å². The van der Waals surface area contributed by atoms with Crippen molar-refractivity contribution in [2.24, 2.45) is 0 Å². The van der Waals surface area contributed by atoms with Crippen molar-refractivity contribution in [2.45, 2.75) is 32.1 Å². The van der Waals surface area contributed by atoms with Gasteiger partial charge in [-0.2, -0.15) is 0 Å². The van der Waals surface area contributed by atoms with E-state index in [0.29, 0.717) is 13.2 Å². The lowest BCUT2D eigenvalue weighted by atomic mass is 10.1. The van der Waals surface area contributed by atoms with E-state index in [9.17, 15) is 5.11 Å². The van der Waals surface area contributed by atoms with Crippen LogP contribution in [0.5, 0.6) is 0 Å². The van der Waals surface area contributed by atoms with Crippen molar-refractivity contribution in [2.75, 3.05) is 13.2 Å². The Morgan fingerprint density at radius 1 is 1.00 bits per heavy atom. The maximum atomic E-state index is 10.0. The third-order valence-corrected chi connectivity index (χ3v) is 3.58.